The number of aromatic amines is 1. The van der Waals surface area contributed by atoms with Gasteiger partial charge in [0.15, 0.2) is 0 Å². The number of fused-ring (bicyclic) bond motifs is 3. The maximum Gasteiger partial charge on any atom is 0.0655 e. The van der Waals surface area contributed by atoms with Crippen LogP contribution >= 0.6 is 0 Å². The van der Waals surface area contributed by atoms with Crippen LogP contribution in [0.5, 0.6) is 0 Å². The van der Waals surface area contributed by atoms with E-state index < -0.39 is 0 Å². The van der Waals surface area contributed by atoms with E-state index in [9.17, 15) is 0 Å². The van der Waals surface area contributed by atoms with Crippen molar-refractivity contribution in [2.75, 3.05) is 6.54 Å². The molecule has 0 spiro atoms. The minimum absolute atomic E-state index is 0.833. The van der Waals surface area contributed by atoms with Crippen LogP contribution in [-0.4, -0.2) is 11.5 Å². The van der Waals surface area contributed by atoms with Crippen molar-refractivity contribution >= 4 is 17.0 Å². The Morgan fingerprint density at radius 1 is 1.25 bits per heavy atom. The lowest BCUT2D eigenvalue weighted by Crippen LogP contribution is -2.21. The maximum atomic E-state index is 4.36. The van der Waals surface area contributed by atoms with Crippen LogP contribution in [0, 0.1) is 0 Å². The quantitative estimate of drug-likeness (QED) is 0.578. The third-order valence-electron chi connectivity index (χ3n) is 2.31. The molecule has 0 saturated carbocycles. The normalized spacial score (nSPS) is 14.0. The van der Waals surface area contributed by atoms with E-state index >= 15 is 0 Å². The lowest BCUT2D eigenvalue weighted by Gasteiger charge is -1.87. The first-order chi connectivity index (χ1) is 5.95. The van der Waals surface area contributed by atoms with Crippen LogP contribution in [0.25, 0.3) is 17.0 Å². The second kappa shape index (κ2) is 1.97. The topological polar surface area (TPSA) is 28.1 Å². The highest BCUT2D eigenvalue weighted by atomic mass is 14.7. The van der Waals surface area contributed by atoms with Crippen molar-refractivity contribution in [3.63, 3.8) is 0 Å². The zero-order chi connectivity index (χ0) is 7.97. The second-order valence-corrected chi connectivity index (χ2v) is 2.98. The Hall–Kier alpha value is -1.57. The fourth-order valence-electron chi connectivity index (χ4n) is 1.73. The summed E-state index contributed by atoms with van der Waals surface area (Å²) < 4.78 is 0. The van der Waals surface area contributed by atoms with Gasteiger partial charge in [-0.05, 0) is 18.2 Å². The molecule has 0 fully saturated rings. The van der Waals surface area contributed by atoms with E-state index in [0.29, 0.717) is 0 Å². The van der Waals surface area contributed by atoms with E-state index in [-0.39, 0.29) is 0 Å². The van der Waals surface area contributed by atoms with Crippen molar-refractivity contribution < 1.29 is 0 Å². The van der Waals surface area contributed by atoms with Gasteiger partial charge in [0.05, 0.1) is 11.9 Å². The number of nitrogens with one attached hydrogen (secondary N) is 1. The zero-order valence-electron chi connectivity index (χ0n) is 6.54. The maximum absolute atomic E-state index is 4.36. The molecule has 3 rings (SSSR count). The van der Waals surface area contributed by atoms with Crippen molar-refractivity contribution in [2.24, 2.45) is 4.99 Å². The molecule has 0 aliphatic carbocycles. The Morgan fingerprint density at radius 2 is 2.25 bits per heavy atom. The van der Waals surface area contributed by atoms with Crippen molar-refractivity contribution in [3.8, 4) is 0 Å². The van der Waals surface area contributed by atoms with Gasteiger partial charge in [-0.15, -0.1) is 0 Å². The number of nitrogens with zero attached hydrogens (tertiary/aromatic N) is 1. The van der Waals surface area contributed by atoms with Crippen molar-refractivity contribution in [3.05, 3.63) is 35.0 Å². The molecule has 12 heavy (non-hydrogen) atoms. The summed E-state index contributed by atoms with van der Waals surface area (Å²) in [6, 6.07) is 6.25. The van der Waals surface area contributed by atoms with Crippen LogP contribution in [0.15, 0.2) is 29.4 Å². The summed E-state index contributed by atoms with van der Waals surface area (Å²) in [5.41, 5.74) is 1.20. The van der Waals surface area contributed by atoms with Crippen molar-refractivity contribution in [2.45, 2.75) is 0 Å². The summed E-state index contributed by atoms with van der Waals surface area (Å²) in [6.45, 7) is 0.833. The predicted octanol–water partition coefficient (Wildman–Crippen LogP) is 0.582. The van der Waals surface area contributed by atoms with Crippen molar-refractivity contribution in [1.29, 1.82) is 0 Å². The molecule has 2 heterocycles. The summed E-state index contributed by atoms with van der Waals surface area (Å²) >= 11 is 0. The Labute approximate surface area is 69.3 Å². The number of hydrogen-bond donors (Lipinski definition) is 1. The molecule has 0 amide bonds. The van der Waals surface area contributed by atoms with E-state index in [2.05, 4.69) is 34.3 Å². The molecule has 0 unspecified atom stereocenters. The lowest BCUT2D eigenvalue weighted by atomic mass is 10.2. The van der Waals surface area contributed by atoms with Crippen LogP contribution < -0.4 is 10.6 Å². The van der Waals surface area contributed by atoms with Gasteiger partial charge in [-0.25, -0.2) is 0 Å². The molecule has 0 saturated heterocycles. The van der Waals surface area contributed by atoms with Crippen LogP contribution in [0.3, 0.4) is 0 Å². The molecule has 2 nitrogen and oxygen atoms in total. The first-order valence-electron chi connectivity index (χ1n) is 4.06. The average Bonchev–Trinajstić information content (AvgIpc) is 2.71. The van der Waals surface area contributed by atoms with Crippen molar-refractivity contribution in [1.82, 2.24) is 4.98 Å². The molecule has 0 atom stereocenters. The van der Waals surface area contributed by atoms with Gasteiger partial charge < -0.3 is 4.98 Å². The summed E-state index contributed by atoms with van der Waals surface area (Å²) in [4.78, 5) is 7.55. The largest absolute Gasteiger partial charge is 0.361 e. The molecule has 1 aromatic carbocycles. The summed E-state index contributed by atoms with van der Waals surface area (Å²) in [7, 11) is 0. The molecular formula is C10H8N2. The highest BCUT2D eigenvalue weighted by Crippen LogP contribution is 2.04. The minimum Gasteiger partial charge on any atom is -0.361 e. The molecule has 2 heteroatoms. The molecule has 0 bridgehead atoms. The van der Waals surface area contributed by atoms with Gasteiger partial charge in [0.2, 0.25) is 0 Å². The monoisotopic (exact) mass is 156 g/mol. The fourth-order valence-corrected chi connectivity index (χ4v) is 1.73. The van der Waals surface area contributed by atoms with Gasteiger partial charge >= 0.3 is 0 Å². The Morgan fingerprint density at radius 3 is 3.25 bits per heavy atom. The van der Waals surface area contributed by atoms with Crippen LogP contribution in [0.1, 0.15) is 0 Å². The van der Waals surface area contributed by atoms with Gasteiger partial charge in [-0.1, -0.05) is 6.08 Å². The Bertz CT molecular complexity index is 549. The molecular weight excluding hydrogens is 148 g/mol. The summed E-state index contributed by atoms with van der Waals surface area (Å²) in [5, 5.41) is 3.70. The van der Waals surface area contributed by atoms with E-state index in [0.717, 1.165) is 11.9 Å². The van der Waals surface area contributed by atoms with Gasteiger partial charge in [0, 0.05) is 22.3 Å². The van der Waals surface area contributed by atoms with Crippen LogP contribution in [-0.2, 0) is 0 Å². The number of rotatable bonds is 0. The van der Waals surface area contributed by atoms with Gasteiger partial charge in [-0.2, -0.15) is 0 Å². The predicted molar refractivity (Wildman–Crippen MR) is 48.4 cm³/mol. The molecule has 1 aliphatic heterocycles. The molecule has 58 valence electrons. The number of aromatic nitrogens is 1. The van der Waals surface area contributed by atoms with E-state index in [4.69, 9.17) is 0 Å². The smallest absolute Gasteiger partial charge is 0.0655 e. The third kappa shape index (κ3) is 0.619. The van der Waals surface area contributed by atoms with Gasteiger partial charge in [-0.3, -0.25) is 4.99 Å². The number of hydrogen-bond acceptors (Lipinski definition) is 1. The van der Waals surface area contributed by atoms with Crippen LogP contribution in [0.4, 0.5) is 0 Å². The summed E-state index contributed by atoms with van der Waals surface area (Å²) in [6.07, 6.45) is 4.14. The van der Waals surface area contributed by atoms with E-state index in [1.807, 2.05) is 6.20 Å². The first-order valence-corrected chi connectivity index (χ1v) is 4.06. The first kappa shape index (κ1) is 6.00. The minimum atomic E-state index is 0.833. The number of H-pyrrole nitrogens is 1. The molecule has 1 aliphatic rings. The molecule has 1 aromatic heterocycles. The summed E-state index contributed by atoms with van der Waals surface area (Å²) in [5.74, 6) is 0. The molecule has 0 radical (unpaired) electrons. The third-order valence-corrected chi connectivity index (χ3v) is 2.31. The standard InChI is InChI=1S/C10H8N2/c1-2-10-8(4-6-12-10)7-3-5-11-9(1)7/h1-5,11H,6H2. The van der Waals surface area contributed by atoms with Crippen LogP contribution in [0.2, 0.25) is 0 Å². The van der Waals surface area contributed by atoms with Gasteiger partial charge in [0.1, 0.15) is 0 Å². The lowest BCUT2D eigenvalue weighted by molar-refractivity contribution is 1.23. The molecule has 1 N–H and O–H groups in total. The second-order valence-electron chi connectivity index (χ2n) is 2.98. The van der Waals surface area contributed by atoms with E-state index in [1.54, 1.807) is 0 Å². The average molecular weight is 156 g/mol. The Balaban J connectivity index is 2.73. The SMILES string of the molecule is C1=c2c(ccc3[nH]ccc23)=NC1. The number of benzene rings is 1. The fraction of sp³-hybridized carbons (Fsp3) is 0.100. The highest BCUT2D eigenvalue weighted by molar-refractivity contribution is 5.80. The van der Waals surface area contributed by atoms with E-state index in [1.165, 1.54) is 16.1 Å². The molecule has 2 aromatic rings. The highest BCUT2D eigenvalue weighted by Gasteiger charge is 2.00. The van der Waals surface area contributed by atoms with Gasteiger partial charge in [0.25, 0.3) is 0 Å². The Kier molecular flexibility index (Phi) is 0.987. The zero-order valence-corrected chi connectivity index (χ0v) is 6.54.